The fourth-order valence-corrected chi connectivity index (χ4v) is 2.39. The highest BCUT2D eigenvalue weighted by atomic mass is 15.3. The van der Waals surface area contributed by atoms with Gasteiger partial charge in [0.1, 0.15) is 0 Å². The molecule has 0 amide bonds. The zero-order valence-corrected chi connectivity index (χ0v) is 11.9. The predicted octanol–water partition coefficient (Wildman–Crippen LogP) is 1.56. The van der Waals surface area contributed by atoms with Crippen LogP contribution in [0, 0.1) is 0 Å². The van der Waals surface area contributed by atoms with Crippen LogP contribution in [0.4, 0.5) is 0 Å². The van der Waals surface area contributed by atoms with E-state index in [0.29, 0.717) is 0 Å². The minimum atomic E-state index is 0.875. The number of hydrogen-bond donors (Lipinski definition) is 1. The molecule has 1 aliphatic rings. The second-order valence-electron chi connectivity index (χ2n) is 5.14. The molecule has 1 heterocycles. The van der Waals surface area contributed by atoms with Crippen LogP contribution in [0.15, 0.2) is 6.07 Å². The summed E-state index contributed by atoms with van der Waals surface area (Å²) in [4.78, 5) is 2.58. The monoisotopic (exact) mass is 250 g/mol. The van der Waals surface area contributed by atoms with Crippen molar-refractivity contribution in [3.05, 3.63) is 17.5 Å². The molecule has 0 aliphatic heterocycles. The van der Waals surface area contributed by atoms with Crippen LogP contribution < -0.4 is 5.32 Å². The van der Waals surface area contributed by atoms with Crippen LogP contribution in [0.25, 0.3) is 0 Å². The summed E-state index contributed by atoms with van der Waals surface area (Å²) in [5.41, 5.74) is 2.46. The average molecular weight is 250 g/mol. The Morgan fingerprint density at radius 1 is 1.44 bits per heavy atom. The molecule has 0 saturated heterocycles. The van der Waals surface area contributed by atoms with E-state index in [2.05, 4.69) is 35.2 Å². The van der Waals surface area contributed by atoms with Gasteiger partial charge in [-0.2, -0.15) is 5.10 Å². The van der Waals surface area contributed by atoms with Gasteiger partial charge in [-0.1, -0.05) is 13.8 Å². The number of hydrogen-bond acceptors (Lipinski definition) is 3. The predicted molar refractivity (Wildman–Crippen MR) is 74.6 cm³/mol. The van der Waals surface area contributed by atoms with Crippen LogP contribution in [0.1, 0.15) is 38.1 Å². The van der Waals surface area contributed by atoms with Crippen molar-refractivity contribution in [1.29, 1.82) is 0 Å². The number of aryl methyl sites for hydroxylation is 2. The van der Waals surface area contributed by atoms with Gasteiger partial charge in [0.25, 0.3) is 0 Å². The number of rotatable bonds is 8. The number of nitrogens with one attached hydrogen (secondary N) is 1. The van der Waals surface area contributed by atoms with E-state index in [-0.39, 0.29) is 0 Å². The van der Waals surface area contributed by atoms with Crippen LogP contribution >= 0.6 is 0 Å². The van der Waals surface area contributed by atoms with Gasteiger partial charge in [0.05, 0.1) is 11.4 Å². The van der Waals surface area contributed by atoms with Crippen molar-refractivity contribution in [1.82, 2.24) is 20.0 Å². The molecule has 0 atom stereocenters. The van der Waals surface area contributed by atoms with Gasteiger partial charge in [0.2, 0.25) is 0 Å². The van der Waals surface area contributed by atoms with E-state index in [9.17, 15) is 0 Å². The molecule has 1 N–H and O–H groups in total. The molecule has 1 aliphatic carbocycles. The Bertz CT molecular complexity index is 368. The Morgan fingerprint density at radius 3 is 2.78 bits per heavy atom. The zero-order chi connectivity index (χ0) is 13.0. The lowest BCUT2D eigenvalue weighted by Crippen LogP contribution is -2.33. The lowest BCUT2D eigenvalue weighted by molar-refractivity contribution is 0.276. The largest absolute Gasteiger partial charge is 0.310 e. The van der Waals surface area contributed by atoms with Gasteiger partial charge in [-0.05, 0) is 31.9 Å². The third-order valence-electron chi connectivity index (χ3n) is 3.74. The molecular weight excluding hydrogens is 224 g/mol. The molecule has 0 bridgehead atoms. The first kappa shape index (κ1) is 13.6. The Kier molecular flexibility index (Phi) is 4.78. The maximum Gasteiger partial charge on any atom is 0.0625 e. The van der Waals surface area contributed by atoms with Crippen molar-refractivity contribution in [3.8, 4) is 0 Å². The van der Waals surface area contributed by atoms with Gasteiger partial charge in [0, 0.05) is 32.7 Å². The topological polar surface area (TPSA) is 33.1 Å². The van der Waals surface area contributed by atoms with Gasteiger partial charge in [-0.3, -0.25) is 9.58 Å². The summed E-state index contributed by atoms with van der Waals surface area (Å²) < 4.78 is 1.99. The van der Waals surface area contributed by atoms with Crippen molar-refractivity contribution >= 4 is 0 Å². The van der Waals surface area contributed by atoms with E-state index in [4.69, 9.17) is 0 Å². The van der Waals surface area contributed by atoms with Crippen LogP contribution in [0.3, 0.4) is 0 Å². The maximum atomic E-state index is 4.46. The first-order valence-corrected chi connectivity index (χ1v) is 7.21. The quantitative estimate of drug-likeness (QED) is 0.711. The van der Waals surface area contributed by atoms with E-state index in [1.165, 1.54) is 37.3 Å². The highest BCUT2D eigenvalue weighted by Gasteiger charge is 2.26. The molecule has 0 radical (unpaired) electrons. The van der Waals surface area contributed by atoms with Gasteiger partial charge in [-0.15, -0.1) is 0 Å². The van der Waals surface area contributed by atoms with Crippen molar-refractivity contribution in [2.24, 2.45) is 7.05 Å². The lowest BCUT2D eigenvalue weighted by Gasteiger charge is -2.19. The van der Waals surface area contributed by atoms with E-state index >= 15 is 0 Å². The highest BCUT2D eigenvalue weighted by molar-refractivity contribution is 5.09. The van der Waals surface area contributed by atoms with E-state index in [1.54, 1.807) is 0 Å². The summed E-state index contributed by atoms with van der Waals surface area (Å²) in [6, 6.07) is 3.08. The first-order valence-electron chi connectivity index (χ1n) is 7.21. The fraction of sp³-hybridized carbons (Fsp3) is 0.786. The van der Waals surface area contributed by atoms with Gasteiger partial charge in [0.15, 0.2) is 0 Å². The summed E-state index contributed by atoms with van der Waals surface area (Å²) in [5.74, 6) is 0. The molecule has 0 spiro atoms. The molecule has 0 unspecified atom stereocenters. The van der Waals surface area contributed by atoms with Gasteiger partial charge >= 0.3 is 0 Å². The summed E-state index contributed by atoms with van der Waals surface area (Å²) >= 11 is 0. The van der Waals surface area contributed by atoms with Crippen molar-refractivity contribution in [2.75, 3.05) is 19.6 Å². The van der Waals surface area contributed by atoms with E-state index in [0.717, 1.165) is 25.6 Å². The third kappa shape index (κ3) is 3.56. The Balaban J connectivity index is 1.69. The van der Waals surface area contributed by atoms with Gasteiger partial charge < -0.3 is 5.32 Å². The lowest BCUT2D eigenvalue weighted by atomic mass is 10.3. The third-order valence-corrected chi connectivity index (χ3v) is 3.74. The van der Waals surface area contributed by atoms with E-state index in [1.807, 2.05) is 11.7 Å². The normalized spacial score (nSPS) is 15.6. The van der Waals surface area contributed by atoms with Gasteiger partial charge in [-0.25, -0.2) is 0 Å². The number of aromatic nitrogens is 2. The molecule has 0 aromatic carbocycles. The molecule has 4 heteroatoms. The van der Waals surface area contributed by atoms with Crippen LogP contribution in [-0.4, -0.2) is 40.4 Å². The first-order chi connectivity index (χ1) is 8.74. The number of likely N-dealkylation sites (N-methyl/N-ethyl adjacent to an activating group) is 1. The molecule has 1 aromatic heterocycles. The smallest absolute Gasteiger partial charge is 0.0625 e. The number of nitrogens with zero attached hydrogens (tertiary/aromatic N) is 3. The molecule has 1 fully saturated rings. The van der Waals surface area contributed by atoms with Crippen molar-refractivity contribution in [2.45, 2.75) is 45.7 Å². The molecule has 1 saturated carbocycles. The SMILES string of the molecule is CCc1cc(CNCCN(CC)C2CC2)n(C)n1. The summed E-state index contributed by atoms with van der Waals surface area (Å²) in [6.45, 7) is 8.74. The fourth-order valence-electron chi connectivity index (χ4n) is 2.39. The zero-order valence-electron chi connectivity index (χ0n) is 11.9. The minimum Gasteiger partial charge on any atom is -0.310 e. The van der Waals surface area contributed by atoms with Crippen molar-refractivity contribution < 1.29 is 0 Å². The Labute approximate surface area is 110 Å². The molecule has 1 aromatic rings. The molecule has 4 nitrogen and oxygen atoms in total. The van der Waals surface area contributed by atoms with Crippen LogP contribution in [0.2, 0.25) is 0 Å². The van der Waals surface area contributed by atoms with Crippen LogP contribution in [-0.2, 0) is 20.0 Å². The second-order valence-corrected chi connectivity index (χ2v) is 5.14. The minimum absolute atomic E-state index is 0.875. The van der Waals surface area contributed by atoms with Crippen molar-refractivity contribution in [3.63, 3.8) is 0 Å². The second kappa shape index (κ2) is 6.34. The summed E-state index contributed by atoms with van der Waals surface area (Å²) in [6.07, 6.45) is 3.81. The summed E-state index contributed by atoms with van der Waals surface area (Å²) in [7, 11) is 2.03. The Morgan fingerprint density at radius 2 is 2.22 bits per heavy atom. The van der Waals surface area contributed by atoms with E-state index < -0.39 is 0 Å². The maximum absolute atomic E-state index is 4.46. The Hall–Kier alpha value is -0.870. The summed E-state index contributed by atoms with van der Waals surface area (Å²) in [5, 5.41) is 7.99. The standard InChI is InChI=1S/C14H26N4/c1-4-12-10-14(17(3)16-12)11-15-8-9-18(5-2)13-6-7-13/h10,13,15H,4-9,11H2,1-3H3. The molecule has 102 valence electrons. The van der Waals surface area contributed by atoms with Crippen LogP contribution in [0.5, 0.6) is 0 Å². The molecule has 2 rings (SSSR count). The molecular formula is C14H26N4. The molecule has 18 heavy (non-hydrogen) atoms. The highest BCUT2D eigenvalue weighted by Crippen LogP contribution is 2.25. The average Bonchev–Trinajstić information content (AvgIpc) is 3.14.